The summed E-state index contributed by atoms with van der Waals surface area (Å²) in [6.45, 7) is 25.3. The highest BCUT2D eigenvalue weighted by Crippen LogP contribution is 2.57. The summed E-state index contributed by atoms with van der Waals surface area (Å²) in [6.07, 6.45) is 7.90. The zero-order valence-corrected chi connectivity index (χ0v) is 38.2. The van der Waals surface area contributed by atoms with E-state index in [1.165, 1.54) is 128 Å². The van der Waals surface area contributed by atoms with Crippen LogP contribution in [0.5, 0.6) is 0 Å². The zero-order chi connectivity index (χ0) is 39.0. The van der Waals surface area contributed by atoms with Crippen LogP contribution in [0, 0.1) is 55.4 Å². The van der Waals surface area contributed by atoms with Gasteiger partial charge in [-0.05, 0) is 116 Å². The lowest BCUT2D eigenvalue weighted by Crippen LogP contribution is -2.47. The standard InChI is InChI=1S/C50H67NP2Si/c1-12-15-22-54(23-16-13-2,24-17-14-3)50-20-18-45(19-21-50)51(52(46-29-37(4)25-38(5)30-46)47-31-39(6)26-40(7)32-47)53(48-33-41(8)27-42(9)34-48)49-35-43(10)28-44(11)36-49/h18-21,25-36H,12-17,22-24H2,1-11H3. The topological polar surface area (TPSA) is 3.24 Å². The summed E-state index contributed by atoms with van der Waals surface area (Å²) in [5.41, 5.74) is 12.0. The average molecular weight is 772 g/mol. The van der Waals surface area contributed by atoms with Gasteiger partial charge >= 0.3 is 0 Å². The number of hydrogen-bond acceptors (Lipinski definition) is 1. The Morgan fingerprint density at radius 1 is 0.389 bits per heavy atom. The second-order valence-corrected chi connectivity index (χ2v) is 25.5. The largest absolute Gasteiger partial charge is 0.313 e. The molecule has 0 N–H and O–H groups in total. The van der Waals surface area contributed by atoms with E-state index in [-0.39, 0.29) is 0 Å². The van der Waals surface area contributed by atoms with Gasteiger partial charge < -0.3 is 4.44 Å². The highest BCUT2D eigenvalue weighted by Gasteiger charge is 2.36. The molecule has 0 saturated heterocycles. The maximum atomic E-state index is 2.92. The number of rotatable bonds is 17. The third kappa shape index (κ3) is 10.4. The summed E-state index contributed by atoms with van der Waals surface area (Å²) in [5, 5.41) is 7.39. The number of hydrogen-bond donors (Lipinski definition) is 0. The van der Waals surface area contributed by atoms with Gasteiger partial charge in [0.1, 0.15) is 0 Å². The zero-order valence-electron chi connectivity index (χ0n) is 35.4. The Bertz CT molecular complexity index is 1680. The SMILES string of the molecule is CCCC[Si](CCCC)(CCCC)c1ccc(N(P(c2cc(C)cc(C)c2)c2cc(C)cc(C)c2)P(c2cc(C)cc(C)c2)c2cc(C)cc(C)c2)cc1. The van der Waals surface area contributed by atoms with Crippen molar-refractivity contribution in [2.45, 2.75) is 133 Å². The fraction of sp³-hybridized carbons (Fsp3) is 0.400. The maximum absolute atomic E-state index is 2.92. The minimum absolute atomic E-state index is 0.973. The fourth-order valence-electron chi connectivity index (χ4n) is 8.65. The third-order valence-electron chi connectivity index (χ3n) is 10.9. The molecule has 5 aromatic carbocycles. The van der Waals surface area contributed by atoms with Crippen molar-refractivity contribution in [3.63, 3.8) is 0 Å². The lowest BCUT2D eigenvalue weighted by Gasteiger charge is -2.42. The molecule has 0 aliphatic carbocycles. The van der Waals surface area contributed by atoms with Crippen LogP contribution in [0.2, 0.25) is 18.1 Å². The predicted octanol–water partition coefficient (Wildman–Crippen LogP) is 13.1. The Labute approximate surface area is 333 Å². The third-order valence-corrected chi connectivity index (χ3v) is 21.7. The van der Waals surface area contributed by atoms with Gasteiger partial charge in [-0.15, -0.1) is 0 Å². The van der Waals surface area contributed by atoms with Gasteiger partial charge in [0, 0.05) is 26.9 Å². The molecule has 0 atom stereocenters. The molecule has 0 amide bonds. The van der Waals surface area contributed by atoms with E-state index in [9.17, 15) is 0 Å². The van der Waals surface area contributed by atoms with Crippen molar-refractivity contribution in [3.05, 3.63) is 142 Å². The summed E-state index contributed by atoms with van der Waals surface area (Å²) in [6, 6.07) is 43.8. The minimum Gasteiger partial charge on any atom is -0.313 e. The fourth-order valence-corrected chi connectivity index (χ4v) is 21.0. The lowest BCUT2D eigenvalue weighted by molar-refractivity contribution is 0.800. The molecule has 0 fully saturated rings. The van der Waals surface area contributed by atoms with E-state index in [1.807, 2.05) is 0 Å². The molecule has 0 aliphatic heterocycles. The first-order valence-corrected chi connectivity index (χ1v) is 25.9. The molecule has 4 heteroatoms. The van der Waals surface area contributed by atoms with Crippen LogP contribution in [0.25, 0.3) is 0 Å². The van der Waals surface area contributed by atoms with Crippen molar-refractivity contribution in [1.82, 2.24) is 0 Å². The summed E-state index contributed by atoms with van der Waals surface area (Å²) in [4.78, 5) is 0. The molecule has 0 spiro atoms. The second-order valence-electron chi connectivity index (χ2n) is 16.4. The van der Waals surface area contributed by atoms with Crippen LogP contribution in [-0.2, 0) is 0 Å². The van der Waals surface area contributed by atoms with Gasteiger partial charge in [-0.3, -0.25) is 0 Å². The maximum Gasteiger partial charge on any atom is 0.0867 e. The Morgan fingerprint density at radius 3 is 0.889 bits per heavy atom. The van der Waals surface area contributed by atoms with Crippen LogP contribution in [0.1, 0.15) is 104 Å². The molecule has 54 heavy (non-hydrogen) atoms. The quantitative estimate of drug-likeness (QED) is 0.0672. The molecule has 0 bridgehead atoms. The Kier molecular flexibility index (Phi) is 15.0. The van der Waals surface area contributed by atoms with Crippen LogP contribution in [0.3, 0.4) is 0 Å². The van der Waals surface area contributed by atoms with Gasteiger partial charge in [0.15, 0.2) is 0 Å². The molecular weight excluding hydrogens is 705 g/mol. The summed E-state index contributed by atoms with van der Waals surface area (Å²) < 4.78 is 2.92. The van der Waals surface area contributed by atoms with Crippen molar-refractivity contribution in [1.29, 1.82) is 0 Å². The molecule has 286 valence electrons. The first-order chi connectivity index (χ1) is 25.9. The number of unbranched alkanes of at least 4 members (excludes halogenated alkanes) is 3. The van der Waals surface area contributed by atoms with E-state index in [1.54, 1.807) is 5.19 Å². The second kappa shape index (κ2) is 19.2. The molecule has 5 aromatic rings. The van der Waals surface area contributed by atoms with Crippen LogP contribution in [-0.4, -0.2) is 8.07 Å². The van der Waals surface area contributed by atoms with Crippen LogP contribution < -0.4 is 30.8 Å². The first kappa shape index (κ1) is 42.1. The van der Waals surface area contributed by atoms with Crippen molar-refractivity contribution in [3.8, 4) is 0 Å². The number of benzene rings is 5. The van der Waals surface area contributed by atoms with Gasteiger partial charge in [-0.25, -0.2) is 0 Å². The van der Waals surface area contributed by atoms with E-state index < -0.39 is 24.2 Å². The molecule has 5 rings (SSSR count). The molecule has 0 radical (unpaired) electrons. The van der Waals surface area contributed by atoms with Crippen molar-refractivity contribution in [2.75, 3.05) is 4.44 Å². The smallest absolute Gasteiger partial charge is 0.0867 e. The molecule has 0 unspecified atom stereocenters. The first-order valence-electron chi connectivity index (χ1n) is 20.7. The van der Waals surface area contributed by atoms with Crippen LogP contribution in [0.4, 0.5) is 5.69 Å². The molecule has 0 aromatic heterocycles. The van der Waals surface area contributed by atoms with Crippen molar-refractivity contribution < 1.29 is 0 Å². The average Bonchev–Trinajstić information content (AvgIpc) is 3.10. The summed E-state index contributed by atoms with van der Waals surface area (Å²) in [5.74, 6) is 0. The normalized spacial score (nSPS) is 11.9. The number of anilines is 1. The Hall–Kier alpha value is -3.02. The molecule has 0 heterocycles. The van der Waals surface area contributed by atoms with E-state index in [0.29, 0.717) is 0 Å². The van der Waals surface area contributed by atoms with Crippen LogP contribution >= 0.6 is 16.1 Å². The number of nitrogens with zero attached hydrogens (tertiary/aromatic N) is 1. The molecule has 1 nitrogen and oxygen atoms in total. The van der Waals surface area contributed by atoms with E-state index >= 15 is 0 Å². The lowest BCUT2D eigenvalue weighted by atomic mass is 10.2. The van der Waals surface area contributed by atoms with E-state index in [0.717, 1.165) is 0 Å². The predicted molar refractivity (Wildman–Crippen MR) is 249 cm³/mol. The van der Waals surface area contributed by atoms with Crippen molar-refractivity contribution in [2.24, 2.45) is 0 Å². The summed E-state index contributed by atoms with van der Waals surface area (Å²) in [7, 11) is -3.62. The van der Waals surface area contributed by atoms with Gasteiger partial charge in [0.05, 0.1) is 24.2 Å². The van der Waals surface area contributed by atoms with Gasteiger partial charge in [-0.2, -0.15) is 0 Å². The van der Waals surface area contributed by atoms with Gasteiger partial charge in [0.25, 0.3) is 0 Å². The van der Waals surface area contributed by atoms with E-state index in [2.05, 4.69) is 178 Å². The molecule has 0 saturated carbocycles. The van der Waals surface area contributed by atoms with Gasteiger partial charge in [0.2, 0.25) is 0 Å². The van der Waals surface area contributed by atoms with Crippen LogP contribution in [0.15, 0.2) is 97.1 Å². The highest BCUT2D eigenvalue weighted by atomic mass is 31.2. The highest BCUT2D eigenvalue weighted by molar-refractivity contribution is 7.90. The Balaban J connectivity index is 1.87. The monoisotopic (exact) mass is 771 g/mol. The van der Waals surface area contributed by atoms with Gasteiger partial charge in [-0.1, -0.05) is 164 Å². The molecular formula is C50H67NP2Si. The van der Waals surface area contributed by atoms with Crippen molar-refractivity contribution >= 4 is 56.3 Å². The number of aryl methyl sites for hydroxylation is 8. The minimum atomic E-state index is -1.67. The Morgan fingerprint density at radius 2 is 0.648 bits per heavy atom. The van der Waals surface area contributed by atoms with E-state index in [4.69, 9.17) is 0 Å². The molecule has 0 aliphatic rings. The summed E-state index contributed by atoms with van der Waals surface area (Å²) >= 11 is 0.